The standard InChI is InChI=1S/C39H66N2O5/c1-16-17-18-39(21-27-19-26(2)31(42)30(20-27)34(3,4)5,32(43)45-28-22-35(6,7)40(14)36(8,9)23-28)33(44)46-29-24-37(10,11)41(15)38(12,13)25-29/h19-20,28-29,42H,16-18,21-25H2,1-15H3. The van der Waals surface area contributed by atoms with Crippen molar-refractivity contribution < 1.29 is 24.2 Å². The molecule has 0 aliphatic carbocycles. The number of likely N-dealkylation sites (tertiary alicyclic amines) is 2. The van der Waals surface area contributed by atoms with Crippen LogP contribution < -0.4 is 0 Å². The lowest BCUT2D eigenvalue weighted by molar-refractivity contribution is -0.188. The molecular formula is C39H66N2O5. The molecule has 1 aromatic carbocycles. The number of aryl methyl sites for hydroxylation is 1. The SMILES string of the molecule is CCCCC(Cc1cc(C)c(O)c(C(C)(C)C)c1)(C(=O)OC1CC(C)(C)N(C)C(C)(C)C1)C(=O)OC1CC(C)(C)N(C)C(C)(C)C1. The molecule has 0 unspecified atom stereocenters. The minimum absolute atomic E-state index is 0.160. The number of hydrogen-bond donors (Lipinski definition) is 1. The van der Waals surface area contributed by atoms with Crippen molar-refractivity contribution in [2.24, 2.45) is 5.41 Å². The van der Waals surface area contributed by atoms with Gasteiger partial charge in [-0.15, -0.1) is 0 Å². The molecule has 2 saturated heterocycles. The van der Waals surface area contributed by atoms with Crippen molar-refractivity contribution in [3.63, 3.8) is 0 Å². The molecule has 1 N–H and O–H groups in total. The first-order valence-corrected chi connectivity index (χ1v) is 17.5. The van der Waals surface area contributed by atoms with Crippen LogP contribution in [0.15, 0.2) is 12.1 Å². The predicted molar refractivity (Wildman–Crippen MR) is 187 cm³/mol. The highest BCUT2D eigenvalue weighted by molar-refractivity contribution is 6.00. The number of unbranched alkanes of at least 4 members (excludes halogenated alkanes) is 1. The maximum atomic E-state index is 14.8. The first-order valence-electron chi connectivity index (χ1n) is 17.5. The molecule has 7 nitrogen and oxygen atoms in total. The lowest BCUT2D eigenvalue weighted by Crippen LogP contribution is -2.61. The Hall–Kier alpha value is -2.12. The summed E-state index contributed by atoms with van der Waals surface area (Å²) in [6, 6.07) is 3.88. The molecule has 0 spiro atoms. The summed E-state index contributed by atoms with van der Waals surface area (Å²) in [6.07, 6.45) is 4.09. The average Bonchev–Trinajstić information content (AvgIpc) is 2.88. The number of piperidine rings is 2. The van der Waals surface area contributed by atoms with Crippen molar-refractivity contribution in [3.05, 3.63) is 28.8 Å². The molecule has 0 atom stereocenters. The number of aromatic hydroxyl groups is 1. The fraction of sp³-hybridized carbons (Fsp3) is 0.795. The zero-order valence-corrected chi connectivity index (χ0v) is 31.9. The maximum Gasteiger partial charge on any atom is 0.324 e. The highest BCUT2D eigenvalue weighted by Gasteiger charge is 2.53. The number of ether oxygens (including phenoxy) is 2. The van der Waals surface area contributed by atoms with Crippen LogP contribution in [0.1, 0.15) is 145 Å². The molecule has 7 heteroatoms. The summed E-state index contributed by atoms with van der Waals surface area (Å²) >= 11 is 0. The van der Waals surface area contributed by atoms with E-state index in [1.807, 2.05) is 19.1 Å². The quantitative estimate of drug-likeness (QED) is 0.215. The smallest absolute Gasteiger partial charge is 0.324 e. The largest absolute Gasteiger partial charge is 0.507 e. The molecular weight excluding hydrogens is 576 g/mol. The van der Waals surface area contributed by atoms with Gasteiger partial charge < -0.3 is 14.6 Å². The normalized spacial score (nSPS) is 22.4. The van der Waals surface area contributed by atoms with Crippen molar-refractivity contribution in [2.45, 2.75) is 181 Å². The third-order valence-corrected chi connectivity index (χ3v) is 11.5. The average molecular weight is 643 g/mol. The van der Waals surface area contributed by atoms with E-state index in [4.69, 9.17) is 9.47 Å². The molecule has 3 rings (SSSR count). The minimum atomic E-state index is -1.51. The number of phenolic OH excluding ortho intramolecular Hbond substituents is 1. The second-order valence-corrected chi connectivity index (χ2v) is 18.2. The van der Waals surface area contributed by atoms with E-state index < -0.39 is 17.4 Å². The summed E-state index contributed by atoms with van der Waals surface area (Å²) in [7, 11) is 4.26. The molecule has 46 heavy (non-hydrogen) atoms. The summed E-state index contributed by atoms with van der Waals surface area (Å²) in [6.45, 7) is 27.6. The summed E-state index contributed by atoms with van der Waals surface area (Å²) in [4.78, 5) is 34.3. The van der Waals surface area contributed by atoms with Crippen LogP contribution in [0, 0.1) is 12.3 Å². The molecule has 262 valence electrons. The number of nitrogens with zero attached hydrogens (tertiary/aromatic N) is 2. The van der Waals surface area contributed by atoms with Gasteiger partial charge in [-0.3, -0.25) is 19.4 Å². The lowest BCUT2D eigenvalue weighted by atomic mass is 9.74. The molecule has 0 saturated carbocycles. The third-order valence-electron chi connectivity index (χ3n) is 11.5. The minimum Gasteiger partial charge on any atom is -0.507 e. The van der Waals surface area contributed by atoms with Crippen LogP contribution in [0.2, 0.25) is 0 Å². The number of esters is 2. The second-order valence-electron chi connectivity index (χ2n) is 18.2. The summed E-state index contributed by atoms with van der Waals surface area (Å²) in [5.41, 5.74) is -0.199. The zero-order chi connectivity index (χ0) is 35.3. The van der Waals surface area contributed by atoms with Gasteiger partial charge in [0.25, 0.3) is 0 Å². The molecule has 0 amide bonds. The van der Waals surface area contributed by atoms with Gasteiger partial charge in [0.2, 0.25) is 0 Å². The van der Waals surface area contributed by atoms with Gasteiger partial charge in [-0.05, 0) is 111 Å². The Labute approximate surface area is 280 Å². The molecule has 1 aromatic rings. The number of phenols is 1. The monoisotopic (exact) mass is 642 g/mol. The fourth-order valence-corrected chi connectivity index (χ4v) is 8.13. The second kappa shape index (κ2) is 13.1. The van der Waals surface area contributed by atoms with E-state index in [0.717, 1.165) is 23.1 Å². The Morgan fingerprint density at radius 3 is 1.54 bits per heavy atom. The maximum absolute atomic E-state index is 14.8. The molecule has 2 fully saturated rings. The number of benzene rings is 1. The summed E-state index contributed by atoms with van der Waals surface area (Å²) in [5, 5.41) is 11.0. The fourth-order valence-electron chi connectivity index (χ4n) is 8.13. The van der Waals surface area contributed by atoms with E-state index in [1.165, 1.54) is 0 Å². The topological polar surface area (TPSA) is 79.3 Å². The Bertz CT molecular complexity index is 1180. The van der Waals surface area contributed by atoms with Gasteiger partial charge in [-0.1, -0.05) is 52.7 Å². The van der Waals surface area contributed by atoms with Gasteiger partial charge in [0.05, 0.1) is 0 Å². The number of rotatable bonds is 9. The van der Waals surface area contributed by atoms with Crippen LogP contribution in [0.4, 0.5) is 0 Å². The van der Waals surface area contributed by atoms with E-state index in [-0.39, 0.29) is 51.9 Å². The van der Waals surface area contributed by atoms with Crippen LogP contribution in [0.5, 0.6) is 5.75 Å². The van der Waals surface area contributed by atoms with Gasteiger partial charge in [-0.2, -0.15) is 0 Å². The van der Waals surface area contributed by atoms with E-state index in [1.54, 1.807) is 0 Å². The third kappa shape index (κ3) is 7.94. The van der Waals surface area contributed by atoms with Crippen LogP contribution in [0.3, 0.4) is 0 Å². The summed E-state index contributed by atoms with van der Waals surface area (Å²) < 4.78 is 13.0. The van der Waals surface area contributed by atoms with Crippen molar-refractivity contribution in [2.75, 3.05) is 14.1 Å². The van der Waals surface area contributed by atoms with E-state index in [2.05, 4.69) is 107 Å². The molecule has 0 aromatic heterocycles. The lowest BCUT2D eigenvalue weighted by Gasteiger charge is -2.53. The Morgan fingerprint density at radius 1 is 0.804 bits per heavy atom. The molecule has 2 aliphatic heterocycles. The molecule has 2 heterocycles. The number of carbonyl (C=O) groups is 2. The predicted octanol–water partition coefficient (Wildman–Crippen LogP) is 8.11. The molecule has 2 aliphatic rings. The Balaban J connectivity index is 2.12. The van der Waals surface area contributed by atoms with Gasteiger partial charge >= 0.3 is 11.9 Å². The molecule has 0 radical (unpaired) electrons. The number of hydrogen-bond acceptors (Lipinski definition) is 7. The van der Waals surface area contributed by atoms with E-state index in [0.29, 0.717) is 38.5 Å². The van der Waals surface area contributed by atoms with Crippen LogP contribution >= 0.6 is 0 Å². The Kier molecular flexibility index (Phi) is 10.9. The van der Waals surface area contributed by atoms with Gasteiger partial charge in [-0.25, -0.2) is 0 Å². The highest BCUT2D eigenvalue weighted by Crippen LogP contribution is 2.44. The van der Waals surface area contributed by atoms with Gasteiger partial charge in [0.15, 0.2) is 5.41 Å². The van der Waals surface area contributed by atoms with Crippen LogP contribution in [-0.2, 0) is 30.9 Å². The van der Waals surface area contributed by atoms with Crippen LogP contribution in [-0.4, -0.2) is 75.3 Å². The summed E-state index contributed by atoms with van der Waals surface area (Å²) in [5.74, 6) is -0.713. The molecule has 0 bridgehead atoms. The number of carbonyl (C=O) groups excluding carboxylic acids is 2. The first-order chi connectivity index (χ1) is 20.8. The first kappa shape index (κ1) is 38.3. The van der Waals surface area contributed by atoms with Crippen molar-refractivity contribution in [1.29, 1.82) is 0 Å². The van der Waals surface area contributed by atoms with E-state index >= 15 is 0 Å². The van der Waals surface area contributed by atoms with E-state index in [9.17, 15) is 14.7 Å². The zero-order valence-electron chi connectivity index (χ0n) is 31.9. The van der Waals surface area contributed by atoms with Crippen LogP contribution in [0.25, 0.3) is 0 Å². The van der Waals surface area contributed by atoms with Crippen molar-refractivity contribution >= 4 is 11.9 Å². The highest BCUT2D eigenvalue weighted by atomic mass is 16.6. The van der Waals surface area contributed by atoms with Gasteiger partial charge in [0.1, 0.15) is 18.0 Å². The van der Waals surface area contributed by atoms with Gasteiger partial charge in [0, 0.05) is 47.8 Å². The Morgan fingerprint density at radius 2 is 1.20 bits per heavy atom. The van der Waals surface area contributed by atoms with Crippen molar-refractivity contribution in [1.82, 2.24) is 9.80 Å². The van der Waals surface area contributed by atoms with Crippen molar-refractivity contribution in [3.8, 4) is 5.75 Å².